The van der Waals surface area contributed by atoms with Gasteiger partial charge in [-0.05, 0) is 32.2 Å². The minimum Gasteiger partial charge on any atom is -0.303 e. The van der Waals surface area contributed by atoms with Crippen LogP contribution in [0.2, 0.25) is 0 Å². The second-order valence-corrected chi connectivity index (χ2v) is 5.55. The molecule has 2 nitrogen and oxygen atoms in total. The lowest BCUT2D eigenvalue weighted by Gasteiger charge is -2.39. The molecule has 0 aromatic heterocycles. The van der Waals surface area contributed by atoms with Gasteiger partial charge in [0.25, 0.3) is 0 Å². The van der Waals surface area contributed by atoms with Crippen molar-refractivity contribution in [3.63, 3.8) is 0 Å². The van der Waals surface area contributed by atoms with Crippen LogP contribution in [-0.4, -0.2) is 30.3 Å². The maximum Gasteiger partial charge on any atom is 0.127 e. The highest BCUT2D eigenvalue weighted by atomic mass is 16.1. The molecule has 0 aromatic rings. The van der Waals surface area contributed by atoms with Gasteiger partial charge in [-0.3, -0.25) is 4.90 Å². The number of nitrogens with zero attached hydrogens (tertiary/aromatic N) is 1. The molecule has 0 saturated carbocycles. The molecule has 0 aromatic carbocycles. The van der Waals surface area contributed by atoms with Crippen LogP contribution in [0.4, 0.5) is 0 Å². The molecule has 1 aliphatic rings. The molecule has 2 heteroatoms. The van der Waals surface area contributed by atoms with Gasteiger partial charge in [-0.15, -0.1) is 0 Å². The lowest BCUT2D eigenvalue weighted by atomic mass is 9.85. The van der Waals surface area contributed by atoms with Gasteiger partial charge in [0.2, 0.25) is 0 Å². The Kier molecular flexibility index (Phi) is 5.47. The van der Waals surface area contributed by atoms with Crippen LogP contribution in [0, 0.1) is 5.41 Å². The zero-order valence-corrected chi connectivity index (χ0v) is 11.2. The number of aldehydes is 1. The molecule has 1 aliphatic heterocycles. The molecule has 0 amide bonds. The van der Waals surface area contributed by atoms with Crippen molar-refractivity contribution in [1.29, 1.82) is 0 Å². The smallest absolute Gasteiger partial charge is 0.127 e. The molecule has 2 unspecified atom stereocenters. The van der Waals surface area contributed by atoms with Crippen LogP contribution < -0.4 is 0 Å². The number of carbonyl (C=O) groups is 1. The van der Waals surface area contributed by atoms with E-state index in [1.807, 2.05) is 0 Å². The SMILES string of the molecule is CCCC(C)(C=O)CN1CCCCC1CC. The second kappa shape index (κ2) is 6.39. The van der Waals surface area contributed by atoms with Crippen LogP contribution in [0.15, 0.2) is 0 Å². The maximum absolute atomic E-state index is 11.3. The van der Waals surface area contributed by atoms with E-state index < -0.39 is 0 Å². The predicted molar refractivity (Wildman–Crippen MR) is 68.6 cm³/mol. The summed E-state index contributed by atoms with van der Waals surface area (Å²) in [5.74, 6) is 0. The first-order valence-corrected chi connectivity index (χ1v) is 6.85. The minimum atomic E-state index is -0.125. The zero-order chi connectivity index (χ0) is 12.0. The van der Waals surface area contributed by atoms with Crippen molar-refractivity contribution in [3.05, 3.63) is 0 Å². The molecule has 1 heterocycles. The Labute approximate surface area is 100 Å². The van der Waals surface area contributed by atoms with Crippen molar-refractivity contribution in [2.24, 2.45) is 5.41 Å². The first kappa shape index (κ1) is 13.7. The van der Waals surface area contributed by atoms with Crippen molar-refractivity contribution < 1.29 is 4.79 Å². The van der Waals surface area contributed by atoms with Crippen LogP contribution in [0.1, 0.15) is 59.3 Å². The molecule has 16 heavy (non-hydrogen) atoms. The predicted octanol–water partition coefficient (Wildman–Crippen LogP) is 3.26. The van der Waals surface area contributed by atoms with Gasteiger partial charge in [0, 0.05) is 18.0 Å². The molecule has 0 radical (unpaired) electrons. The van der Waals surface area contributed by atoms with Gasteiger partial charge in [-0.25, -0.2) is 0 Å². The summed E-state index contributed by atoms with van der Waals surface area (Å²) < 4.78 is 0. The fourth-order valence-corrected chi connectivity index (χ4v) is 2.94. The molecular formula is C14H27NO. The second-order valence-electron chi connectivity index (χ2n) is 5.55. The number of likely N-dealkylation sites (tertiary alicyclic amines) is 1. The quantitative estimate of drug-likeness (QED) is 0.647. The van der Waals surface area contributed by atoms with Crippen molar-refractivity contribution in [2.45, 2.75) is 65.3 Å². The molecule has 0 spiro atoms. The van der Waals surface area contributed by atoms with Gasteiger partial charge in [0.15, 0.2) is 0 Å². The van der Waals surface area contributed by atoms with Gasteiger partial charge in [-0.2, -0.15) is 0 Å². The van der Waals surface area contributed by atoms with Crippen molar-refractivity contribution in [3.8, 4) is 0 Å². The van der Waals surface area contributed by atoms with Gasteiger partial charge in [0.1, 0.15) is 6.29 Å². The number of hydrogen-bond donors (Lipinski definition) is 0. The Morgan fingerprint density at radius 3 is 2.69 bits per heavy atom. The Morgan fingerprint density at radius 2 is 2.12 bits per heavy atom. The average molecular weight is 225 g/mol. The molecular weight excluding hydrogens is 198 g/mol. The van der Waals surface area contributed by atoms with E-state index in [4.69, 9.17) is 0 Å². The molecule has 2 atom stereocenters. The molecule has 0 bridgehead atoms. The summed E-state index contributed by atoms with van der Waals surface area (Å²) >= 11 is 0. The van der Waals surface area contributed by atoms with E-state index in [2.05, 4.69) is 25.7 Å². The fraction of sp³-hybridized carbons (Fsp3) is 0.929. The maximum atomic E-state index is 11.3. The summed E-state index contributed by atoms with van der Waals surface area (Å²) in [5, 5.41) is 0. The summed E-state index contributed by atoms with van der Waals surface area (Å²) in [6.07, 6.45) is 8.50. The van der Waals surface area contributed by atoms with Crippen LogP contribution in [0.25, 0.3) is 0 Å². The Morgan fingerprint density at radius 1 is 1.38 bits per heavy atom. The highest BCUT2D eigenvalue weighted by Gasteiger charge is 2.30. The lowest BCUT2D eigenvalue weighted by Crippen LogP contribution is -2.45. The van der Waals surface area contributed by atoms with Crippen molar-refractivity contribution >= 4 is 6.29 Å². The Hall–Kier alpha value is -0.370. The third kappa shape index (κ3) is 3.58. The summed E-state index contributed by atoms with van der Waals surface area (Å²) in [7, 11) is 0. The standard InChI is InChI=1S/C14H27NO/c1-4-9-14(3,12-16)11-15-10-7-6-8-13(15)5-2/h12-13H,4-11H2,1-3H3. The van der Waals surface area contributed by atoms with E-state index >= 15 is 0 Å². The molecule has 94 valence electrons. The number of carbonyl (C=O) groups excluding carboxylic acids is 1. The van der Waals surface area contributed by atoms with Crippen LogP contribution in [0.5, 0.6) is 0 Å². The first-order chi connectivity index (χ1) is 7.65. The van der Waals surface area contributed by atoms with Gasteiger partial charge >= 0.3 is 0 Å². The van der Waals surface area contributed by atoms with Crippen LogP contribution in [-0.2, 0) is 4.79 Å². The van der Waals surface area contributed by atoms with E-state index in [1.54, 1.807) is 0 Å². The first-order valence-electron chi connectivity index (χ1n) is 6.85. The number of piperidine rings is 1. The monoisotopic (exact) mass is 225 g/mol. The average Bonchev–Trinajstić information content (AvgIpc) is 2.30. The summed E-state index contributed by atoms with van der Waals surface area (Å²) in [6.45, 7) is 8.69. The van der Waals surface area contributed by atoms with E-state index in [0.29, 0.717) is 6.04 Å². The topological polar surface area (TPSA) is 20.3 Å². The fourth-order valence-electron chi connectivity index (χ4n) is 2.94. The zero-order valence-electron chi connectivity index (χ0n) is 11.2. The van der Waals surface area contributed by atoms with E-state index in [1.165, 1.54) is 38.5 Å². The van der Waals surface area contributed by atoms with Gasteiger partial charge in [0.05, 0.1) is 0 Å². The largest absolute Gasteiger partial charge is 0.303 e. The van der Waals surface area contributed by atoms with Crippen molar-refractivity contribution in [2.75, 3.05) is 13.1 Å². The van der Waals surface area contributed by atoms with Crippen molar-refractivity contribution in [1.82, 2.24) is 4.90 Å². The Bertz CT molecular complexity index is 217. The van der Waals surface area contributed by atoms with E-state index in [9.17, 15) is 4.79 Å². The molecule has 1 saturated heterocycles. The molecule has 1 rings (SSSR count). The Balaban J connectivity index is 2.57. The normalized spacial score (nSPS) is 26.3. The van der Waals surface area contributed by atoms with E-state index in [0.717, 1.165) is 19.4 Å². The third-order valence-electron chi connectivity index (χ3n) is 3.89. The lowest BCUT2D eigenvalue weighted by molar-refractivity contribution is -0.117. The summed E-state index contributed by atoms with van der Waals surface area (Å²) in [5.41, 5.74) is -0.125. The summed E-state index contributed by atoms with van der Waals surface area (Å²) in [4.78, 5) is 13.8. The summed E-state index contributed by atoms with van der Waals surface area (Å²) in [6, 6.07) is 0.713. The number of hydrogen-bond acceptors (Lipinski definition) is 2. The highest BCUT2D eigenvalue weighted by Crippen LogP contribution is 2.27. The third-order valence-corrected chi connectivity index (χ3v) is 3.89. The molecule has 0 aliphatic carbocycles. The number of rotatable bonds is 6. The van der Waals surface area contributed by atoms with E-state index in [-0.39, 0.29) is 5.41 Å². The van der Waals surface area contributed by atoms with Gasteiger partial charge < -0.3 is 4.79 Å². The van der Waals surface area contributed by atoms with Crippen LogP contribution in [0.3, 0.4) is 0 Å². The molecule has 0 N–H and O–H groups in total. The van der Waals surface area contributed by atoms with Crippen LogP contribution >= 0.6 is 0 Å². The molecule has 1 fully saturated rings. The minimum absolute atomic E-state index is 0.125. The highest BCUT2D eigenvalue weighted by molar-refractivity contribution is 5.59. The van der Waals surface area contributed by atoms with Gasteiger partial charge in [-0.1, -0.05) is 33.6 Å².